The molecule has 0 saturated heterocycles. The molecule has 0 aromatic heterocycles. The van der Waals surface area contributed by atoms with Gasteiger partial charge in [0.15, 0.2) is 12.2 Å². The summed E-state index contributed by atoms with van der Waals surface area (Å²) in [6.45, 7) is 11.9. The zero-order valence-electron chi connectivity index (χ0n) is 64.3. The minimum Gasteiger partial charge on any atom is -0.462 e. The van der Waals surface area contributed by atoms with Gasteiger partial charge in [-0.2, -0.15) is 0 Å². The number of rotatable bonds is 77. The Labute approximate surface area is 600 Å². The van der Waals surface area contributed by atoms with Gasteiger partial charge in [-0.15, -0.1) is 0 Å². The van der Waals surface area contributed by atoms with Gasteiger partial charge in [0.1, 0.15) is 19.3 Å². The van der Waals surface area contributed by atoms with Crippen LogP contribution in [0.4, 0.5) is 0 Å². The van der Waals surface area contributed by atoms with Crippen molar-refractivity contribution < 1.29 is 80.2 Å². The van der Waals surface area contributed by atoms with Crippen LogP contribution in [0, 0.1) is 17.8 Å². The molecule has 0 spiro atoms. The zero-order valence-corrected chi connectivity index (χ0v) is 66.0. The van der Waals surface area contributed by atoms with Crippen LogP contribution in [0.15, 0.2) is 0 Å². The molecule has 0 bridgehead atoms. The molecule has 0 aromatic rings. The fraction of sp³-hybridized carbons (Fsp3) is 0.949. The normalized spacial score (nSPS) is 14.0. The first-order valence-corrected chi connectivity index (χ1v) is 43.8. The molecular weight excluding hydrogens is 1280 g/mol. The lowest BCUT2D eigenvalue weighted by Crippen LogP contribution is -2.30. The molecular formula is C79H154O17P2. The number of carbonyl (C=O) groups is 4. The molecule has 0 rings (SSSR count). The van der Waals surface area contributed by atoms with E-state index in [1.807, 2.05) is 0 Å². The van der Waals surface area contributed by atoms with Gasteiger partial charge < -0.3 is 33.8 Å². The van der Waals surface area contributed by atoms with E-state index >= 15 is 0 Å². The van der Waals surface area contributed by atoms with Gasteiger partial charge in [-0.3, -0.25) is 37.3 Å². The molecule has 0 aliphatic heterocycles. The van der Waals surface area contributed by atoms with Crippen molar-refractivity contribution in [1.82, 2.24) is 0 Å². The number of aliphatic hydroxyl groups is 1. The van der Waals surface area contributed by atoms with E-state index in [4.69, 9.17) is 37.0 Å². The quantitative estimate of drug-likeness (QED) is 0.0222. The molecule has 0 heterocycles. The molecule has 0 aromatic carbocycles. The molecule has 5 atom stereocenters. The lowest BCUT2D eigenvalue weighted by molar-refractivity contribution is -0.161. The van der Waals surface area contributed by atoms with E-state index in [1.54, 1.807) is 0 Å². The third-order valence-corrected chi connectivity index (χ3v) is 20.3. The van der Waals surface area contributed by atoms with Crippen LogP contribution in [-0.4, -0.2) is 96.7 Å². The SMILES string of the molecule is CCCCCCCCCCCCCCCCCCC(=O)OC[C@H](COP(=O)(O)OC[C@@H](O)COP(=O)(O)OC[C@@H](COC(=O)CCCCCCCCCCC(C)C)OC(=O)CCCCCCCCCCCC(C)C)OC(=O)CCCCCCCCCCCCCCCCCCC(C)C. The van der Waals surface area contributed by atoms with E-state index in [-0.39, 0.29) is 25.7 Å². The summed E-state index contributed by atoms with van der Waals surface area (Å²) in [7, 11) is -9.92. The molecule has 0 aliphatic rings. The van der Waals surface area contributed by atoms with Crippen molar-refractivity contribution in [2.75, 3.05) is 39.6 Å². The number of phosphoric acid groups is 2. The predicted molar refractivity (Wildman–Crippen MR) is 400 cm³/mol. The molecule has 0 fully saturated rings. The van der Waals surface area contributed by atoms with Gasteiger partial charge in [0.25, 0.3) is 0 Å². The van der Waals surface area contributed by atoms with Crippen LogP contribution in [0.25, 0.3) is 0 Å². The average molecular weight is 1440 g/mol. The monoisotopic (exact) mass is 1440 g/mol. The van der Waals surface area contributed by atoms with Gasteiger partial charge in [0.05, 0.1) is 26.4 Å². The van der Waals surface area contributed by atoms with Gasteiger partial charge in [0, 0.05) is 25.7 Å². The molecule has 582 valence electrons. The van der Waals surface area contributed by atoms with E-state index in [9.17, 15) is 43.2 Å². The zero-order chi connectivity index (χ0) is 72.3. The standard InChI is InChI=1S/C79H154O17P2/c1-8-9-10-11-12-13-14-15-16-20-23-26-31-39-46-53-60-76(81)89-66-74(95-78(83)62-55-48-41-32-27-24-21-18-17-19-22-25-29-36-43-50-57-70(2)3)68-93-97(85,86)91-64-73(80)65-92-98(87,88)94-69-75(67-90-77(82)61-54-47-40-35-34-38-45-52-59-72(6)7)96-79(84)63-56-49-42-33-28-30-37-44-51-58-71(4)5/h70-75,80H,8-69H2,1-7H3,(H,85,86)(H,87,88)/t73-,74-,75-/m1/s1. The number of phosphoric ester groups is 2. The van der Waals surface area contributed by atoms with Crippen molar-refractivity contribution in [1.29, 1.82) is 0 Å². The summed E-state index contributed by atoms with van der Waals surface area (Å²) in [5, 5.41) is 10.6. The highest BCUT2D eigenvalue weighted by molar-refractivity contribution is 7.47. The molecule has 17 nitrogen and oxygen atoms in total. The van der Waals surface area contributed by atoms with Crippen LogP contribution in [-0.2, 0) is 65.4 Å². The highest BCUT2D eigenvalue weighted by atomic mass is 31.2. The van der Waals surface area contributed by atoms with Crippen molar-refractivity contribution in [3.05, 3.63) is 0 Å². The van der Waals surface area contributed by atoms with Gasteiger partial charge in [0.2, 0.25) is 0 Å². The number of carbonyl (C=O) groups excluding carboxylic acids is 4. The van der Waals surface area contributed by atoms with E-state index in [0.717, 1.165) is 108 Å². The first-order valence-electron chi connectivity index (χ1n) is 40.8. The van der Waals surface area contributed by atoms with Crippen molar-refractivity contribution in [2.45, 2.75) is 426 Å². The number of ether oxygens (including phenoxy) is 4. The molecule has 0 saturated carbocycles. The summed E-state index contributed by atoms with van der Waals surface area (Å²) in [6, 6.07) is 0. The molecule has 0 aliphatic carbocycles. The Morgan fingerprint density at radius 1 is 0.276 bits per heavy atom. The van der Waals surface area contributed by atoms with Crippen molar-refractivity contribution >= 4 is 39.5 Å². The largest absolute Gasteiger partial charge is 0.472 e. The average Bonchev–Trinajstić information content (AvgIpc) is 1.91. The lowest BCUT2D eigenvalue weighted by atomic mass is 10.0. The minimum absolute atomic E-state index is 0.105. The summed E-state index contributed by atoms with van der Waals surface area (Å²) in [5.74, 6) is 0.158. The fourth-order valence-electron chi connectivity index (χ4n) is 12.1. The molecule has 0 amide bonds. The van der Waals surface area contributed by atoms with Crippen molar-refractivity contribution in [3.8, 4) is 0 Å². The van der Waals surface area contributed by atoms with E-state index in [0.29, 0.717) is 25.7 Å². The van der Waals surface area contributed by atoms with E-state index in [1.165, 1.54) is 218 Å². The molecule has 2 unspecified atom stereocenters. The number of unbranched alkanes of at least 4 members (excludes halogenated alkanes) is 45. The number of esters is 4. The summed E-state index contributed by atoms with van der Waals surface area (Å²) in [5.41, 5.74) is 0. The van der Waals surface area contributed by atoms with Gasteiger partial charge in [-0.05, 0) is 43.4 Å². The Balaban J connectivity index is 5.24. The van der Waals surface area contributed by atoms with Crippen LogP contribution < -0.4 is 0 Å². The second-order valence-electron chi connectivity index (χ2n) is 29.9. The predicted octanol–water partition coefficient (Wildman–Crippen LogP) is 23.4. The van der Waals surface area contributed by atoms with E-state index in [2.05, 4.69) is 48.5 Å². The molecule has 3 N–H and O–H groups in total. The Bertz CT molecular complexity index is 1900. The van der Waals surface area contributed by atoms with Crippen LogP contribution in [0.5, 0.6) is 0 Å². The lowest BCUT2D eigenvalue weighted by Gasteiger charge is -2.21. The maximum absolute atomic E-state index is 13.1. The van der Waals surface area contributed by atoms with Crippen LogP contribution in [0.2, 0.25) is 0 Å². The van der Waals surface area contributed by atoms with Gasteiger partial charge in [-0.25, -0.2) is 9.13 Å². The van der Waals surface area contributed by atoms with Gasteiger partial charge in [-0.1, -0.05) is 357 Å². The Morgan fingerprint density at radius 2 is 0.469 bits per heavy atom. The first kappa shape index (κ1) is 96.1. The molecule has 19 heteroatoms. The van der Waals surface area contributed by atoms with Crippen LogP contribution >= 0.6 is 15.6 Å². The summed E-state index contributed by atoms with van der Waals surface area (Å²) in [4.78, 5) is 72.9. The number of hydrogen-bond donors (Lipinski definition) is 3. The summed E-state index contributed by atoms with van der Waals surface area (Å²) < 4.78 is 68.6. The number of hydrogen-bond acceptors (Lipinski definition) is 15. The van der Waals surface area contributed by atoms with Crippen molar-refractivity contribution in [3.63, 3.8) is 0 Å². The molecule has 0 radical (unpaired) electrons. The van der Waals surface area contributed by atoms with Crippen LogP contribution in [0.3, 0.4) is 0 Å². The highest BCUT2D eigenvalue weighted by Gasteiger charge is 2.30. The minimum atomic E-state index is -4.96. The summed E-state index contributed by atoms with van der Waals surface area (Å²) >= 11 is 0. The third kappa shape index (κ3) is 72.4. The maximum Gasteiger partial charge on any atom is 0.472 e. The fourth-order valence-corrected chi connectivity index (χ4v) is 13.7. The van der Waals surface area contributed by atoms with Crippen LogP contribution in [0.1, 0.15) is 408 Å². The maximum atomic E-state index is 13.1. The molecule has 98 heavy (non-hydrogen) atoms. The Morgan fingerprint density at radius 3 is 0.694 bits per heavy atom. The topological polar surface area (TPSA) is 237 Å². The van der Waals surface area contributed by atoms with Gasteiger partial charge >= 0.3 is 39.5 Å². The summed E-state index contributed by atoms with van der Waals surface area (Å²) in [6.07, 6.45) is 56.9. The van der Waals surface area contributed by atoms with Crippen molar-refractivity contribution in [2.24, 2.45) is 17.8 Å². The second-order valence-corrected chi connectivity index (χ2v) is 32.8. The smallest absolute Gasteiger partial charge is 0.462 e. The van der Waals surface area contributed by atoms with E-state index < -0.39 is 97.5 Å². The third-order valence-electron chi connectivity index (χ3n) is 18.4. The number of aliphatic hydroxyl groups excluding tert-OH is 1. The highest BCUT2D eigenvalue weighted by Crippen LogP contribution is 2.45. The second kappa shape index (κ2) is 69.4. The Kier molecular flexibility index (Phi) is 68.1. The first-order chi connectivity index (χ1) is 47.2. The Hall–Kier alpha value is -1.94.